The molecule has 0 aliphatic rings. The molecule has 9 aromatic carbocycles. The summed E-state index contributed by atoms with van der Waals surface area (Å²) in [5, 5.41) is 9.95. The van der Waals surface area contributed by atoms with Crippen LogP contribution in [0, 0.1) is 6.92 Å². The second-order valence-electron chi connectivity index (χ2n) is 12.9. The van der Waals surface area contributed by atoms with Crippen molar-refractivity contribution in [2.45, 2.75) is 13.8 Å². The number of rotatable bonds is 7. The van der Waals surface area contributed by atoms with Crippen LogP contribution in [0.25, 0.3) is 48.8 Å². The van der Waals surface area contributed by atoms with E-state index in [1.165, 1.54) is 54.2 Å². The van der Waals surface area contributed by atoms with E-state index in [1.54, 1.807) is 0 Å². The summed E-state index contributed by atoms with van der Waals surface area (Å²) >= 11 is 0. The Hall–Kier alpha value is -6.38. The van der Waals surface area contributed by atoms with Gasteiger partial charge in [-0.2, -0.15) is 0 Å². The lowest BCUT2D eigenvalue weighted by Crippen LogP contribution is -2.16. The van der Waals surface area contributed by atoms with Gasteiger partial charge in [-0.15, -0.1) is 0 Å². The van der Waals surface area contributed by atoms with Gasteiger partial charge in [0.25, 0.3) is 0 Å². The molecule has 50 heavy (non-hydrogen) atoms. The van der Waals surface area contributed by atoms with Crippen molar-refractivity contribution in [2.75, 3.05) is 9.80 Å². The smallest absolute Gasteiger partial charge is 0.0540 e. The quantitative estimate of drug-likeness (QED) is 0.160. The zero-order valence-corrected chi connectivity index (χ0v) is 28.2. The van der Waals surface area contributed by atoms with Gasteiger partial charge in [-0.05, 0) is 88.8 Å². The van der Waals surface area contributed by atoms with Gasteiger partial charge in [0.2, 0.25) is 0 Å². The van der Waals surface area contributed by atoms with E-state index in [0.717, 1.165) is 34.1 Å². The molecule has 0 radical (unpaired) electrons. The average molecular weight is 641 g/mol. The molecule has 9 aromatic rings. The molecule has 0 saturated carbocycles. The highest BCUT2D eigenvalue weighted by Crippen LogP contribution is 2.48. The second kappa shape index (κ2) is 12.3. The Morgan fingerprint density at radius 1 is 0.420 bits per heavy atom. The summed E-state index contributed by atoms with van der Waals surface area (Å²) in [6.07, 6.45) is 2.24. The third-order valence-electron chi connectivity index (χ3n) is 10.1. The van der Waals surface area contributed by atoms with E-state index in [2.05, 4.69) is 206 Å². The number of hydrogen-bond acceptors (Lipinski definition) is 2. The first-order valence-electron chi connectivity index (χ1n) is 17.3. The second-order valence-corrected chi connectivity index (χ2v) is 12.9. The molecule has 0 heterocycles. The Bertz CT molecular complexity index is 2670. The molecule has 0 unspecified atom stereocenters. The molecule has 2 heteroatoms. The standard InChI is InChI=1S/C48H36N2/c1-3-43(39-22-12-10-15-33(39)2)49(37-18-6-4-7-19-37)45-31-27-35-26-30-42-46(32-28-36-25-29-41(45)47(35)48(36)42)50(38-20-8-5-9-21-38)44-24-14-17-34-16-11-13-23-40(34)44/h3-32H,1-2H3/b43-3+. The van der Waals surface area contributed by atoms with Crippen LogP contribution < -0.4 is 9.80 Å². The number of anilines is 5. The summed E-state index contributed by atoms with van der Waals surface area (Å²) in [4.78, 5) is 4.86. The average Bonchev–Trinajstić information content (AvgIpc) is 3.18. The van der Waals surface area contributed by atoms with E-state index in [-0.39, 0.29) is 0 Å². The summed E-state index contributed by atoms with van der Waals surface area (Å²) < 4.78 is 0. The molecule has 0 spiro atoms. The fourth-order valence-corrected chi connectivity index (χ4v) is 7.80. The number of para-hydroxylation sites is 2. The molecule has 0 bridgehead atoms. The minimum absolute atomic E-state index is 1.13. The van der Waals surface area contributed by atoms with Gasteiger partial charge in [-0.1, -0.05) is 140 Å². The number of fused-ring (bicyclic) bond motifs is 1. The Morgan fingerprint density at radius 3 is 1.66 bits per heavy atom. The number of aryl methyl sites for hydroxylation is 1. The lowest BCUT2D eigenvalue weighted by atomic mass is 9.91. The number of nitrogens with zero attached hydrogens (tertiary/aromatic N) is 2. The third-order valence-corrected chi connectivity index (χ3v) is 10.1. The molecule has 0 fully saturated rings. The molecule has 0 aromatic heterocycles. The highest BCUT2D eigenvalue weighted by Gasteiger charge is 2.23. The maximum atomic E-state index is 2.43. The molecule has 0 N–H and O–H groups in total. The van der Waals surface area contributed by atoms with Crippen LogP contribution in [0.5, 0.6) is 0 Å². The van der Waals surface area contributed by atoms with Crippen LogP contribution in [0.2, 0.25) is 0 Å². The van der Waals surface area contributed by atoms with Crippen molar-refractivity contribution in [2.24, 2.45) is 0 Å². The molecule has 2 nitrogen and oxygen atoms in total. The Kier molecular flexibility index (Phi) is 7.29. The van der Waals surface area contributed by atoms with Crippen LogP contribution in [0.3, 0.4) is 0 Å². The van der Waals surface area contributed by atoms with E-state index in [9.17, 15) is 0 Å². The summed E-state index contributed by atoms with van der Waals surface area (Å²) in [6, 6.07) is 63.9. The van der Waals surface area contributed by atoms with Crippen LogP contribution in [-0.4, -0.2) is 0 Å². The zero-order chi connectivity index (χ0) is 33.6. The Morgan fingerprint density at radius 2 is 0.960 bits per heavy atom. The fourth-order valence-electron chi connectivity index (χ4n) is 7.80. The normalized spacial score (nSPS) is 11.9. The third kappa shape index (κ3) is 4.80. The van der Waals surface area contributed by atoms with Gasteiger partial charge in [0.05, 0.1) is 17.1 Å². The van der Waals surface area contributed by atoms with Crippen LogP contribution in [0.15, 0.2) is 182 Å². The van der Waals surface area contributed by atoms with Gasteiger partial charge in [0.15, 0.2) is 0 Å². The maximum absolute atomic E-state index is 2.43. The SMILES string of the molecule is C/C=C(\c1ccccc1C)N(c1ccccc1)c1ccc2ccc3c(N(c4ccccc4)c4cccc5ccccc45)ccc4ccc1c2c43. The predicted molar refractivity (Wildman–Crippen MR) is 216 cm³/mol. The first kappa shape index (κ1) is 29.7. The molecule has 0 atom stereocenters. The highest BCUT2D eigenvalue weighted by atomic mass is 15.2. The van der Waals surface area contributed by atoms with Crippen LogP contribution >= 0.6 is 0 Å². The van der Waals surface area contributed by atoms with E-state index in [0.29, 0.717) is 0 Å². The largest absolute Gasteiger partial charge is 0.310 e. The van der Waals surface area contributed by atoms with Crippen molar-refractivity contribution in [3.8, 4) is 0 Å². The van der Waals surface area contributed by atoms with Crippen molar-refractivity contribution in [3.05, 3.63) is 193 Å². The molecular weight excluding hydrogens is 605 g/mol. The summed E-state index contributed by atoms with van der Waals surface area (Å²) in [7, 11) is 0. The van der Waals surface area contributed by atoms with Crippen molar-refractivity contribution in [1.29, 1.82) is 0 Å². The molecule has 0 aliphatic heterocycles. The van der Waals surface area contributed by atoms with Gasteiger partial charge in [0, 0.05) is 38.8 Å². The van der Waals surface area contributed by atoms with Gasteiger partial charge in [-0.3, -0.25) is 0 Å². The lowest BCUT2D eigenvalue weighted by molar-refractivity contribution is 1.28. The molecular formula is C48H36N2. The minimum atomic E-state index is 1.13. The zero-order valence-electron chi connectivity index (χ0n) is 28.2. The minimum Gasteiger partial charge on any atom is -0.310 e. The summed E-state index contributed by atoms with van der Waals surface area (Å²) in [5.41, 5.74) is 9.38. The van der Waals surface area contributed by atoms with Crippen molar-refractivity contribution < 1.29 is 0 Å². The monoisotopic (exact) mass is 640 g/mol. The van der Waals surface area contributed by atoms with E-state index in [1.807, 2.05) is 0 Å². The molecule has 0 saturated heterocycles. The van der Waals surface area contributed by atoms with E-state index in [4.69, 9.17) is 0 Å². The predicted octanol–water partition coefficient (Wildman–Crippen LogP) is 13.7. The summed E-state index contributed by atoms with van der Waals surface area (Å²) in [5.74, 6) is 0. The lowest BCUT2D eigenvalue weighted by Gasteiger charge is -2.31. The van der Waals surface area contributed by atoms with E-state index < -0.39 is 0 Å². The van der Waals surface area contributed by atoms with Crippen molar-refractivity contribution in [1.82, 2.24) is 0 Å². The first-order chi connectivity index (χ1) is 24.7. The first-order valence-corrected chi connectivity index (χ1v) is 17.3. The van der Waals surface area contributed by atoms with E-state index >= 15 is 0 Å². The molecule has 238 valence electrons. The van der Waals surface area contributed by atoms with Gasteiger partial charge >= 0.3 is 0 Å². The molecule has 9 rings (SSSR count). The van der Waals surface area contributed by atoms with Crippen LogP contribution in [-0.2, 0) is 0 Å². The van der Waals surface area contributed by atoms with Crippen molar-refractivity contribution in [3.63, 3.8) is 0 Å². The van der Waals surface area contributed by atoms with Crippen molar-refractivity contribution >= 4 is 77.2 Å². The van der Waals surface area contributed by atoms with Gasteiger partial charge in [0.1, 0.15) is 0 Å². The Labute approximate surface area is 293 Å². The fraction of sp³-hybridized carbons (Fsp3) is 0.0417. The summed E-state index contributed by atoms with van der Waals surface area (Å²) in [6.45, 7) is 4.34. The van der Waals surface area contributed by atoms with Crippen LogP contribution in [0.4, 0.5) is 28.4 Å². The number of benzene rings is 9. The van der Waals surface area contributed by atoms with Gasteiger partial charge < -0.3 is 9.80 Å². The number of allylic oxidation sites excluding steroid dienone is 1. The highest BCUT2D eigenvalue weighted by molar-refractivity contribution is 6.28. The molecule has 0 aliphatic carbocycles. The Balaban J connectivity index is 1.33. The maximum Gasteiger partial charge on any atom is 0.0540 e. The van der Waals surface area contributed by atoms with Crippen LogP contribution in [0.1, 0.15) is 18.1 Å². The topological polar surface area (TPSA) is 6.48 Å². The number of hydrogen-bond donors (Lipinski definition) is 0. The van der Waals surface area contributed by atoms with Gasteiger partial charge in [-0.25, -0.2) is 0 Å². The molecule has 0 amide bonds.